The number of carbonyl (C=O) groups excluding carboxylic acids is 2. The Bertz CT molecular complexity index is 1250. The SMILES string of the molecule is COc1ccc([C@H]2CC(=O)C3=C(C2)NC(C)=C(C(=O)OCC(C)C)[C@@H]3c2ccc(SC)cc2)cc1OC. The number of esters is 1. The summed E-state index contributed by atoms with van der Waals surface area (Å²) in [5.74, 6) is 0.691. The van der Waals surface area contributed by atoms with Crippen molar-refractivity contribution in [3.8, 4) is 11.5 Å². The molecule has 2 aliphatic rings. The average molecular weight is 522 g/mol. The molecule has 0 unspecified atom stereocenters. The van der Waals surface area contributed by atoms with Crippen molar-refractivity contribution in [2.45, 2.75) is 50.3 Å². The van der Waals surface area contributed by atoms with E-state index in [1.54, 1.807) is 26.0 Å². The molecule has 196 valence electrons. The predicted octanol–water partition coefficient (Wildman–Crippen LogP) is 5.99. The van der Waals surface area contributed by atoms with E-state index in [4.69, 9.17) is 14.2 Å². The normalized spacial score (nSPS) is 19.5. The van der Waals surface area contributed by atoms with Gasteiger partial charge in [0, 0.05) is 34.2 Å². The van der Waals surface area contributed by atoms with Crippen LogP contribution in [0.25, 0.3) is 0 Å². The number of methoxy groups -OCH3 is 2. The molecule has 7 heteroatoms. The van der Waals surface area contributed by atoms with Crippen LogP contribution in [0.1, 0.15) is 56.6 Å². The number of nitrogens with one attached hydrogen (secondary N) is 1. The van der Waals surface area contributed by atoms with Crippen molar-refractivity contribution in [1.82, 2.24) is 5.32 Å². The van der Waals surface area contributed by atoms with Crippen LogP contribution in [0, 0.1) is 5.92 Å². The molecular formula is C30H35NO5S. The number of carbonyl (C=O) groups is 2. The average Bonchev–Trinajstić information content (AvgIpc) is 2.90. The molecule has 1 N–H and O–H groups in total. The van der Waals surface area contributed by atoms with Crippen molar-refractivity contribution in [1.29, 1.82) is 0 Å². The summed E-state index contributed by atoms with van der Waals surface area (Å²) in [4.78, 5) is 28.3. The number of ketones is 1. The van der Waals surface area contributed by atoms with Crippen LogP contribution in [-0.4, -0.2) is 38.8 Å². The first-order chi connectivity index (χ1) is 17.8. The van der Waals surface area contributed by atoms with Gasteiger partial charge in [-0.3, -0.25) is 4.79 Å². The molecule has 37 heavy (non-hydrogen) atoms. The van der Waals surface area contributed by atoms with E-state index in [0.717, 1.165) is 27.4 Å². The van der Waals surface area contributed by atoms with Crippen molar-refractivity contribution in [2.24, 2.45) is 5.92 Å². The highest BCUT2D eigenvalue weighted by molar-refractivity contribution is 7.98. The lowest BCUT2D eigenvalue weighted by Crippen LogP contribution is -2.36. The number of benzene rings is 2. The maximum Gasteiger partial charge on any atom is 0.336 e. The van der Waals surface area contributed by atoms with Crippen LogP contribution in [0.3, 0.4) is 0 Å². The van der Waals surface area contributed by atoms with Gasteiger partial charge < -0.3 is 19.5 Å². The largest absolute Gasteiger partial charge is 0.493 e. The lowest BCUT2D eigenvalue weighted by atomic mass is 9.71. The topological polar surface area (TPSA) is 73.9 Å². The summed E-state index contributed by atoms with van der Waals surface area (Å²) >= 11 is 1.66. The van der Waals surface area contributed by atoms with Crippen molar-refractivity contribution in [2.75, 3.05) is 27.1 Å². The standard InChI is InChI=1S/C30H35NO5S/c1-17(2)16-36-30(33)27-18(3)31-23-13-21(20-9-12-25(34-4)26(15-20)35-5)14-24(32)29(23)28(27)19-7-10-22(37-6)11-8-19/h7-12,15,17,21,28,31H,13-14,16H2,1-6H3/t21-,28+/m1/s1. The zero-order valence-electron chi connectivity index (χ0n) is 22.3. The maximum atomic E-state index is 13.8. The van der Waals surface area contributed by atoms with Gasteiger partial charge in [-0.15, -0.1) is 11.8 Å². The smallest absolute Gasteiger partial charge is 0.336 e. The van der Waals surface area contributed by atoms with Gasteiger partial charge in [0.2, 0.25) is 0 Å². The second kappa shape index (κ2) is 11.5. The quantitative estimate of drug-likeness (QED) is 0.338. The molecule has 0 saturated carbocycles. The number of rotatable bonds is 8. The van der Waals surface area contributed by atoms with Gasteiger partial charge in [0.15, 0.2) is 17.3 Å². The first kappa shape index (κ1) is 26.9. The number of allylic oxidation sites excluding steroid dienone is 3. The minimum Gasteiger partial charge on any atom is -0.493 e. The number of Topliss-reactive ketones (excluding diaryl/α,β-unsaturated/α-hetero) is 1. The molecule has 0 amide bonds. The van der Waals surface area contributed by atoms with E-state index in [1.807, 2.05) is 69.5 Å². The first-order valence-corrected chi connectivity index (χ1v) is 13.8. The molecule has 1 aliphatic heterocycles. The molecule has 2 aromatic rings. The molecule has 2 atom stereocenters. The van der Waals surface area contributed by atoms with E-state index in [1.165, 1.54) is 0 Å². The fourth-order valence-electron chi connectivity index (χ4n) is 5.10. The summed E-state index contributed by atoms with van der Waals surface area (Å²) in [7, 11) is 3.22. The van der Waals surface area contributed by atoms with Crippen molar-refractivity contribution in [3.05, 3.63) is 76.1 Å². The van der Waals surface area contributed by atoms with Gasteiger partial charge in [0.05, 0.1) is 26.4 Å². The zero-order valence-corrected chi connectivity index (χ0v) is 23.2. The highest BCUT2D eigenvalue weighted by Crippen LogP contribution is 2.46. The summed E-state index contributed by atoms with van der Waals surface area (Å²) in [6.45, 7) is 6.23. The third-order valence-corrected chi connectivity index (χ3v) is 7.67. The number of hydrogen-bond acceptors (Lipinski definition) is 7. The van der Waals surface area contributed by atoms with Gasteiger partial charge in [0.25, 0.3) is 0 Å². The van der Waals surface area contributed by atoms with Gasteiger partial charge in [-0.1, -0.05) is 32.0 Å². The number of dihydropyridines is 1. The second-order valence-corrected chi connectivity index (χ2v) is 10.8. The highest BCUT2D eigenvalue weighted by atomic mass is 32.2. The van der Waals surface area contributed by atoms with Crippen LogP contribution in [0.15, 0.2) is 69.9 Å². The summed E-state index contributed by atoms with van der Waals surface area (Å²) in [6, 6.07) is 13.9. The van der Waals surface area contributed by atoms with Crippen LogP contribution in [0.5, 0.6) is 11.5 Å². The van der Waals surface area contributed by atoms with E-state index in [9.17, 15) is 9.59 Å². The monoisotopic (exact) mass is 521 g/mol. The fraction of sp³-hybridized carbons (Fsp3) is 0.400. The Hall–Kier alpha value is -3.19. The summed E-state index contributed by atoms with van der Waals surface area (Å²) in [6.07, 6.45) is 3.03. The Morgan fingerprint density at radius 3 is 2.32 bits per heavy atom. The molecule has 0 aromatic heterocycles. The van der Waals surface area contributed by atoms with Gasteiger partial charge in [0.1, 0.15) is 0 Å². The van der Waals surface area contributed by atoms with Crippen molar-refractivity contribution >= 4 is 23.5 Å². The Labute approximate surface area is 223 Å². The van der Waals surface area contributed by atoms with Crippen molar-refractivity contribution in [3.63, 3.8) is 0 Å². The Balaban J connectivity index is 1.75. The van der Waals surface area contributed by atoms with E-state index in [2.05, 4.69) is 5.32 Å². The van der Waals surface area contributed by atoms with Gasteiger partial charge in [-0.25, -0.2) is 4.79 Å². The summed E-state index contributed by atoms with van der Waals surface area (Å²) < 4.78 is 16.5. The second-order valence-electron chi connectivity index (χ2n) is 9.90. The Morgan fingerprint density at radius 2 is 1.70 bits per heavy atom. The molecule has 1 heterocycles. The number of ether oxygens (including phenoxy) is 3. The Morgan fingerprint density at radius 1 is 1.03 bits per heavy atom. The molecule has 4 rings (SSSR count). The molecule has 2 aromatic carbocycles. The maximum absolute atomic E-state index is 13.8. The number of thioether (sulfide) groups is 1. The van der Waals surface area contributed by atoms with Crippen LogP contribution in [-0.2, 0) is 14.3 Å². The molecule has 0 spiro atoms. The minimum absolute atomic E-state index is 0.0136. The summed E-state index contributed by atoms with van der Waals surface area (Å²) in [5.41, 5.74) is 4.70. The van der Waals surface area contributed by atoms with Crippen LogP contribution in [0.4, 0.5) is 0 Å². The molecule has 0 radical (unpaired) electrons. The molecular weight excluding hydrogens is 486 g/mol. The predicted molar refractivity (Wildman–Crippen MR) is 146 cm³/mol. The van der Waals surface area contributed by atoms with Crippen LogP contribution < -0.4 is 14.8 Å². The van der Waals surface area contributed by atoms with E-state index in [-0.39, 0.29) is 23.6 Å². The lowest BCUT2D eigenvalue weighted by Gasteiger charge is -2.37. The summed E-state index contributed by atoms with van der Waals surface area (Å²) in [5, 5.41) is 3.42. The molecule has 6 nitrogen and oxygen atoms in total. The van der Waals surface area contributed by atoms with Gasteiger partial charge in [-0.05, 0) is 66.8 Å². The van der Waals surface area contributed by atoms with Crippen molar-refractivity contribution < 1.29 is 23.8 Å². The van der Waals surface area contributed by atoms with Gasteiger partial charge in [-0.2, -0.15) is 0 Å². The number of hydrogen-bond donors (Lipinski definition) is 1. The first-order valence-electron chi connectivity index (χ1n) is 12.5. The third-order valence-electron chi connectivity index (χ3n) is 6.92. The van der Waals surface area contributed by atoms with E-state index < -0.39 is 5.92 Å². The van der Waals surface area contributed by atoms with Crippen LogP contribution >= 0.6 is 11.8 Å². The molecule has 0 saturated heterocycles. The molecule has 0 fully saturated rings. The highest BCUT2D eigenvalue weighted by Gasteiger charge is 2.41. The molecule has 0 bridgehead atoms. The van der Waals surface area contributed by atoms with E-state index in [0.29, 0.717) is 42.1 Å². The van der Waals surface area contributed by atoms with E-state index >= 15 is 0 Å². The third kappa shape index (κ3) is 5.57. The lowest BCUT2D eigenvalue weighted by molar-refractivity contribution is -0.140. The molecule has 1 aliphatic carbocycles. The van der Waals surface area contributed by atoms with Gasteiger partial charge >= 0.3 is 5.97 Å². The zero-order chi connectivity index (χ0) is 26.7. The van der Waals surface area contributed by atoms with Crippen LogP contribution in [0.2, 0.25) is 0 Å². The fourth-order valence-corrected chi connectivity index (χ4v) is 5.51. The minimum atomic E-state index is -0.467. The Kier molecular flexibility index (Phi) is 8.32.